The third kappa shape index (κ3) is 3.10. The van der Waals surface area contributed by atoms with E-state index < -0.39 is 5.82 Å². The summed E-state index contributed by atoms with van der Waals surface area (Å²) in [6, 6.07) is 12.3. The van der Waals surface area contributed by atoms with Gasteiger partial charge >= 0.3 is 0 Å². The molecule has 0 aliphatic carbocycles. The number of hydrogen-bond donors (Lipinski definition) is 1. The fourth-order valence-corrected chi connectivity index (χ4v) is 2.24. The van der Waals surface area contributed by atoms with Crippen LogP contribution in [0.4, 0.5) is 4.39 Å². The molecule has 1 atom stereocenters. The van der Waals surface area contributed by atoms with Crippen LogP contribution >= 0.6 is 27.5 Å². The first-order valence-corrected chi connectivity index (χ1v) is 6.69. The standard InChI is InChI=1S/C14H12BrClFN/c15-11-6-4-9(5-7-11)13(18)8-10-2-1-3-12(17)14(10)16/h1-7,13H,8,18H2. The molecule has 0 fully saturated rings. The maximum absolute atomic E-state index is 13.3. The molecule has 94 valence electrons. The van der Waals surface area contributed by atoms with Gasteiger partial charge in [0.05, 0.1) is 5.02 Å². The van der Waals surface area contributed by atoms with Gasteiger partial charge in [0.2, 0.25) is 0 Å². The van der Waals surface area contributed by atoms with E-state index in [1.54, 1.807) is 12.1 Å². The SMILES string of the molecule is NC(Cc1cccc(F)c1Cl)c1ccc(Br)cc1. The highest BCUT2D eigenvalue weighted by molar-refractivity contribution is 9.10. The largest absolute Gasteiger partial charge is 0.324 e. The van der Waals surface area contributed by atoms with Crippen LogP contribution in [0.15, 0.2) is 46.9 Å². The Morgan fingerprint density at radius 2 is 1.83 bits per heavy atom. The minimum atomic E-state index is -0.405. The Morgan fingerprint density at radius 3 is 2.50 bits per heavy atom. The molecule has 0 saturated heterocycles. The highest BCUT2D eigenvalue weighted by Crippen LogP contribution is 2.25. The first-order valence-electron chi connectivity index (χ1n) is 5.52. The smallest absolute Gasteiger partial charge is 0.142 e. The zero-order valence-electron chi connectivity index (χ0n) is 9.54. The van der Waals surface area contributed by atoms with Crippen molar-refractivity contribution in [1.29, 1.82) is 0 Å². The molecular weight excluding hydrogens is 317 g/mol. The van der Waals surface area contributed by atoms with Crippen molar-refractivity contribution >= 4 is 27.5 Å². The number of hydrogen-bond acceptors (Lipinski definition) is 1. The summed E-state index contributed by atoms with van der Waals surface area (Å²) in [5.74, 6) is -0.405. The summed E-state index contributed by atoms with van der Waals surface area (Å²) in [6.45, 7) is 0. The molecule has 2 aromatic carbocycles. The van der Waals surface area contributed by atoms with Gasteiger partial charge in [-0.25, -0.2) is 4.39 Å². The molecule has 0 saturated carbocycles. The number of benzene rings is 2. The highest BCUT2D eigenvalue weighted by atomic mass is 79.9. The normalized spacial score (nSPS) is 12.4. The van der Waals surface area contributed by atoms with Crippen molar-refractivity contribution in [3.05, 3.63) is 68.9 Å². The topological polar surface area (TPSA) is 26.0 Å². The zero-order chi connectivity index (χ0) is 13.1. The van der Waals surface area contributed by atoms with Crippen molar-refractivity contribution in [2.45, 2.75) is 12.5 Å². The quantitative estimate of drug-likeness (QED) is 0.883. The van der Waals surface area contributed by atoms with E-state index in [0.29, 0.717) is 6.42 Å². The summed E-state index contributed by atoms with van der Waals surface area (Å²) < 4.78 is 14.3. The molecule has 0 aliphatic heterocycles. The van der Waals surface area contributed by atoms with Crippen LogP contribution in [0.1, 0.15) is 17.2 Å². The van der Waals surface area contributed by atoms with E-state index in [1.165, 1.54) is 6.07 Å². The van der Waals surface area contributed by atoms with Crippen molar-refractivity contribution in [3.8, 4) is 0 Å². The molecule has 1 unspecified atom stereocenters. The number of nitrogens with two attached hydrogens (primary N) is 1. The van der Waals surface area contributed by atoms with Gasteiger partial charge in [-0.15, -0.1) is 0 Å². The van der Waals surface area contributed by atoms with Crippen LogP contribution in [0.5, 0.6) is 0 Å². The van der Waals surface area contributed by atoms with Crippen LogP contribution in [0.2, 0.25) is 5.02 Å². The Kier molecular flexibility index (Phi) is 4.38. The molecule has 18 heavy (non-hydrogen) atoms. The van der Waals surface area contributed by atoms with E-state index in [1.807, 2.05) is 24.3 Å². The number of rotatable bonds is 3. The first-order chi connectivity index (χ1) is 8.58. The van der Waals surface area contributed by atoms with E-state index in [-0.39, 0.29) is 11.1 Å². The van der Waals surface area contributed by atoms with Crippen molar-refractivity contribution in [2.75, 3.05) is 0 Å². The summed E-state index contributed by atoms with van der Waals surface area (Å²) in [5.41, 5.74) is 7.83. The summed E-state index contributed by atoms with van der Waals surface area (Å²) in [7, 11) is 0. The summed E-state index contributed by atoms with van der Waals surface area (Å²) >= 11 is 9.28. The lowest BCUT2D eigenvalue weighted by molar-refractivity contribution is 0.622. The van der Waals surface area contributed by atoms with Gasteiger partial charge in [0.1, 0.15) is 5.82 Å². The minimum Gasteiger partial charge on any atom is -0.324 e. The van der Waals surface area contributed by atoms with Crippen LogP contribution in [-0.2, 0) is 6.42 Å². The van der Waals surface area contributed by atoms with E-state index in [2.05, 4.69) is 15.9 Å². The molecule has 0 aromatic heterocycles. The third-order valence-electron chi connectivity index (χ3n) is 2.77. The van der Waals surface area contributed by atoms with E-state index in [4.69, 9.17) is 17.3 Å². The summed E-state index contributed by atoms with van der Waals surface area (Å²) in [6.07, 6.45) is 0.512. The molecule has 1 nitrogen and oxygen atoms in total. The van der Waals surface area contributed by atoms with Gasteiger partial charge < -0.3 is 5.73 Å². The van der Waals surface area contributed by atoms with Crippen LogP contribution in [0, 0.1) is 5.82 Å². The Morgan fingerprint density at radius 1 is 1.17 bits per heavy atom. The lowest BCUT2D eigenvalue weighted by Crippen LogP contribution is -2.13. The maximum atomic E-state index is 13.3. The fourth-order valence-electron chi connectivity index (χ4n) is 1.77. The molecule has 0 bridgehead atoms. The molecule has 0 spiro atoms. The molecule has 4 heteroatoms. The van der Waals surface area contributed by atoms with Gasteiger partial charge in [-0.05, 0) is 35.7 Å². The van der Waals surface area contributed by atoms with Crippen molar-refractivity contribution in [3.63, 3.8) is 0 Å². The van der Waals surface area contributed by atoms with E-state index >= 15 is 0 Å². The second-order valence-corrected chi connectivity index (χ2v) is 5.37. The molecule has 2 rings (SSSR count). The summed E-state index contributed by atoms with van der Waals surface area (Å²) in [5, 5.41) is 0.157. The van der Waals surface area contributed by atoms with Gasteiger partial charge in [-0.3, -0.25) is 0 Å². The minimum absolute atomic E-state index is 0.157. The molecular formula is C14H12BrClFN. The fraction of sp³-hybridized carbons (Fsp3) is 0.143. The lowest BCUT2D eigenvalue weighted by atomic mass is 10.00. The average molecular weight is 329 g/mol. The zero-order valence-corrected chi connectivity index (χ0v) is 11.9. The van der Waals surface area contributed by atoms with Crippen molar-refractivity contribution in [1.82, 2.24) is 0 Å². The van der Waals surface area contributed by atoms with Crippen LogP contribution in [0.3, 0.4) is 0 Å². The Bertz CT molecular complexity index is 542. The molecule has 2 N–H and O–H groups in total. The van der Waals surface area contributed by atoms with Crippen LogP contribution in [0.25, 0.3) is 0 Å². The first kappa shape index (κ1) is 13.5. The Balaban J connectivity index is 2.18. The molecule has 0 radical (unpaired) electrons. The second kappa shape index (κ2) is 5.83. The third-order valence-corrected chi connectivity index (χ3v) is 3.72. The maximum Gasteiger partial charge on any atom is 0.142 e. The highest BCUT2D eigenvalue weighted by Gasteiger charge is 2.11. The molecule has 0 amide bonds. The van der Waals surface area contributed by atoms with Gasteiger partial charge in [-0.2, -0.15) is 0 Å². The van der Waals surface area contributed by atoms with Gasteiger partial charge in [0, 0.05) is 10.5 Å². The summed E-state index contributed by atoms with van der Waals surface area (Å²) in [4.78, 5) is 0. The number of halogens is 3. The monoisotopic (exact) mass is 327 g/mol. The van der Waals surface area contributed by atoms with Gasteiger partial charge in [0.15, 0.2) is 0 Å². The molecule has 0 heterocycles. The average Bonchev–Trinajstić information content (AvgIpc) is 2.36. The Labute approximate surface area is 119 Å². The predicted molar refractivity (Wildman–Crippen MR) is 76.2 cm³/mol. The van der Waals surface area contributed by atoms with Crippen molar-refractivity contribution in [2.24, 2.45) is 5.73 Å². The Hall–Kier alpha value is -0.900. The van der Waals surface area contributed by atoms with E-state index in [9.17, 15) is 4.39 Å². The van der Waals surface area contributed by atoms with Crippen molar-refractivity contribution < 1.29 is 4.39 Å². The van der Waals surface area contributed by atoms with Gasteiger partial charge in [0.25, 0.3) is 0 Å². The van der Waals surface area contributed by atoms with Crippen LogP contribution in [-0.4, -0.2) is 0 Å². The molecule has 2 aromatic rings. The van der Waals surface area contributed by atoms with Gasteiger partial charge in [-0.1, -0.05) is 51.8 Å². The molecule has 0 aliphatic rings. The van der Waals surface area contributed by atoms with E-state index in [0.717, 1.165) is 15.6 Å². The second-order valence-electron chi connectivity index (χ2n) is 4.08. The lowest BCUT2D eigenvalue weighted by Gasteiger charge is -2.13. The van der Waals surface area contributed by atoms with Crippen LogP contribution < -0.4 is 5.73 Å². The predicted octanol–water partition coefficient (Wildman–Crippen LogP) is 4.48.